The molecule has 0 aromatic heterocycles. The smallest absolute Gasteiger partial charge is 0.409 e. The number of benzene rings is 1. The van der Waals surface area contributed by atoms with E-state index in [1.165, 1.54) is 12.5 Å². The monoisotopic (exact) mass is 517 g/mol. The lowest BCUT2D eigenvalue weighted by Crippen LogP contribution is -2.50. The van der Waals surface area contributed by atoms with Gasteiger partial charge < -0.3 is 25.6 Å². The highest BCUT2D eigenvalue weighted by atomic mass is 127. The molecule has 162 valence electrons. The molecule has 3 N–H and O–H groups in total. The molecule has 0 atom stereocenters. The third kappa shape index (κ3) is 8.88. The number of guanidine groups is 1. The number of halogens is 1. The Balaban J connectivity index is 0.00000420. The van der Waals surface area contributed by atoms with Gasteiger partial charge in [-0.1, -0.05) is 12.1 Å². The maximum absolute atomic E-state index is 11.8. The Morgan fingerprint density at radius 2 is 1.86 bits per heavy atom. The van der Waals surface area contributed by atoms with Crippen LogP contribution in [0.3, 0.4) is 0 Å². The van der Waals surface area contributed by atoms with Gasteiger partial charge in [-0.15, -0.1) is 24.0 Å². The SMILES string of the molecule is CCOC(=O)N1CCC(NC(=NC)NCCc2ccc(NC(C)=O)cc2)CC1.I. The summed E-state index contributed by atoms with van der Waals surface area (Å²) in [4.78, 5) is 28.9. The summed E-state index contributed by atoms with van der Waals surface area (Å²) < 4.78 is 5.05. The zero-order valence-corrected chi connectivity index (χ0v) is 19.7. The van der Waals surface area contributed by atoms with Gasteiger partial charge in [0.25, 0.3) is 0 Å². The van der Waals surface area contributed by atoms with Crippen LogP contribution in [0.25, 0.3) is 0 Å². The molecule has 1 heterocycles. The van der Waals surface area contributed by atoms with Crippen molar-refractivity contribution < 1.29 is 14.3 Å². The fourth-order valence-electron chi connectivity index (χ4n) is 3.09. The zero-order chi connectivity index (χ0) is 20.4. The molecule has 0 unspecified atom stereocenters. The number of rotatable bonds is 6. The molecule has 0 spiro atoms. The standard InChI is InChI=1S/C20H31N5O3.HI/c1-4-28-20(27)25-13-10-18(11-14-25)24-19(21-3)22-12-9-16-5-7-17(8-6-16)23-15(2)26;/h5-8,18H,4,9-14H2,1-3H3,(H,23,26)(H2,21,22,24);1H. The van der Waals surface area contributed by atoms with E-state index < -0.39 is 0 Å². The number of likely N-dealkylation sites (tertiary alicyclic amines) is 1. The predicted octanol–water partition coefficient (Wildman–Crippen LogP) is 2.59. The molecule has 0 aliphatic carbocycles. The summed E-state index contributed by atoms with van der Waals surface area (Å²) in [6, 6.07) is 8.11. The highest BCUT2D eigenvalue weighted by molar-refractivity contribution is 14.0. The van der Waals surface area contributed by atoms with Crippen LogP contribution in [0.15, 0.2) is 29.3 Å². The number of hydrogen-bond donors (Lipinski definition) is 3. The molecule has 29 heavy (non-hydrogen) atoms. The molecule has 0 radical (unpaired) electrons. The first-order chi connectivity index (χ1) is 13.5. The van der Waals surface area contributed by atoms with Gasteiger partial charge in [0, 0.05) is 45.3 Å². The molecule has 1 saturated heterocycles. The molecule has 1 fully saturated rings. The minimum Gasteiger partial charge on any atom is -0.450 e. The average molecular weight is 517 g/mol. The molecule has 8 nitrogen and oxygen atoms in total. The molecule has 0 saturated carbocycles. The Hall–Kier alpha value is -2.04. The topological polar surface area (TPSA) is 95.1 Å². The van der Waals surface area contributed by atoms with Gasteiger partial charge in [0.15, 0.2) is 5.96 Å². The van der Waals surface area contributed by atoms with E-state index in [0.717, 1.165) is 37.5 Å². The summed E-state index contributed by atoms with van der Waals surface area (Å²) in [7, 11) is 1.76. The first-order valence-electron chi connectivity index (χ1n) is 9.77. The van der Waals surface area contributed by atoms with Gasteiger partial charge in [-0.2, -0.15) is 0 Å². The number of aliphatic imine (C=N–C) groups is 1. The van der Waals surface area contributed by atoms with Crippen molar-refractivity contribution in [2.45, 2.75) is 39.2 Å². The Kier molecular flexibility index (Phi) is 11.4. The molecular weight excluding hydrogens is 485 g/mol. The molecule has 0 bridgehead atoms. The van der Waals surface area contributed by atoms with Gasteiger partial charge >= 0.3 is 6.09 Å². The van der Waals surface area contributed by atoms with E-state index in [4.69, 9.17) is 4.74 Å². The number of anilines is 1. The number of ether oxygens (including phenoxy) is 1. The van der Waals surface area contributed by atoms with Gasteiger partial charge in [0.2, 0.25) is 5.91 Å². The predicted molar refractivity (Wildman–Crippen MR) is 126 cm³/mol. The highest BCUT2D eigenvalue weighted by Gasteiger charge is 2.23. The van der Waals surface area contributed by atoms with Crippen LogP contribution in [0.1, 0.15) is 32.3 Å². The Bertz CT molecular complexity index is 673. The number of amides is 2. The lowest BCUT2D eigenvalue weighted by molar-refractivity contribution is -0.114. The van der Waals surface area contributed by atoms with Crippen molar-refractivity contribution in [3.8, 4) is 0 Å². The largest absolute Gasteiger partial charge is 0.450 e. The average Bonchev–Trinajstić information content (AvgIpc) is 2.69. The van der Waals surface area contributed by atoms with Crippen LogP contribution in [0.4, 0.5) is 10.5 Å². The minimum absolute atomic E-state index is 0. The van der Waals surface area contributed by atoms with Crippen molar-refractivity contribution in [1.82, 2.24) is 15.5 Å². The molecule has 1 aromatic carbocycles. The number of nitrogens with zero attached hydrogens (tertiary/aromatic N) is 2. The first-order valence-corrected chi connectivity index (χ1v) is 9.77. The number of carbonyl (C=O) groups excluding carboxylic acids is 2. The van der Waals surface area contributed by atoms with Crippen LogP contribution in [0.2, 0.25) is 0 Å². The van der Waals surface area contributed by atoms with E-state index in [1.54, 1.807) is 11.9 Å². The molecule has 2 rings (SSSR count). The zero-order valence-electron chi connectivity index (χ0n) is 17.4. The summed E-state index contributed by atoms with van der Waals surface area (Å²) in [6.45, 7) is 5.85. The minimum atomic E-state index is -0.229. The fraction of sp³-hybridized carbons (Fsp3) is 0.550. The Morgan fingerprint density at radius 3 is 2.41 bits per heavy atom. The van der Waals surface area contributed by atoms with Gasteiger partial charge in [-0.05, 0) is 43.9 Å². The van der Waals surface area contributed by atoms with E-state index in [2.05, 4.69) is 20.9 Å². The molecule has 1 aromatic rings. The molecule has 1 aliphatic heterocycles. The number of nitrogens with one attached hydrogen (secondary N) is 3. The van der Waals surface area contributed by atoms with E-state index in [-0.39, 0.29) is 42.0 Å². The van der Waals surface area contributed by atoms with Crippen LogP contribution in [0, 0.1) is 0 Å². The van der Waals surface area contributed by atoms with Gasteiger partial charge in [-0.3, -0.25) is 9.79 Å². The van der Waals surface area contributed by atoms with Crippen LogP contribution < -0.4 is 16.0 Å². The lowest BCUT2D eigenvalue weighted by Gasteiger charge is -2.32. The summed E-state index contributed by atoms with van der Waals surface area (Å²) in [5.41, 5.74) is 1.98. The second-order valence-corrected chi connectivity index (χ2v) is 6.73. The van der Waals surface area contributed by atoms with Crippen molar-refractivity contribution >= 4 is 47.6 Å². The highest BCUT2D eigenvalue weighted by Crippen LogP contribution is 2.12. The third-order valence-corrected chi connectivity index (χ3v) is 4.57. The van der Waals surface area contributed by atoms with Crippen LogP contribution in [-0.2, 0) is 16.0 Å². The first kappa shape index (κ1) is 25.0. The van der Waals surface area contributed by atoms with E-state index >= 15 is 0 Å². The van der Waals surface area contributed by atoms with E-state index in [1.807, 2.05) is 31.2 Å². The second-order valence-electron chi connectivity index (χ2n) is 6.73. The summed E-state index contributed by atoms with van der Waals surface area (Å²) in [5, 5.41) is 9.52. The number of hydrogen-bond acceptors (Lipinski definition) is 4. The van der Waals surface area contributed by atoms with Crippen molar-refractivity contribution in [3.05, 3.63) is 29.8 Å². The normalized spacial score (nSPS) is 14.6. The second kappa shape index (κ2) is 13.2. The summed E-state index contributed by atoms with van der Waals surface area (Å²) >= 11 is 0. The van der Waals surface area contributed by atoms with Crippen LogP contribution in [-0.4, -0.2) is 62.2 Å². The summed E-state index contributed by atoms with van der Waals surface area (Å²) in [5.74, 6) is 0.696. The number of carbonyl (C=O) groups is 2. The molecular formula is C20H32IN5O3. The van der Waals surface area contributed by atoms with Crippen LogP contribution >= 0.6 is 24.0 Å². The molecule has 9 heteroatoms. The fourth-order valence-corrected chi connectivity index (χ4v) is 3.09. The van der Waals surface area contributed by atoms with E-state index in [9.17, 15) is 9.59 Å². The third-order valence-electron chi connectivity index (χ3n) is 4.57. The molecule has 1 aliphatic rings. The summed E-state index contributed by atoms with van der Waals surface area (Å²) in [6.07, 6.45) is 2.35. The number of piperidine rings is 1. The van der Waals surface area contributed by atoms with Gasteiger partial charge in [0.05, 0.1) is 6.61 Å². The van der Waals surface area contributed by atoms with Crippen molar-refractivity contribution in [3.63, 3.8) is 0 Å². The van der Waals surface area contributed by atoms with Crippen molar-refractivity contribution in [1.29, 1.82) is 0 Å². The Labute approximate surface area is 189 Å². The maximum atomic E-state index is 11.8. The maximum Gasteiger partial charge on any atom is 0.409 e. The molecule has 2 amide bonds. The quantitative estimate of drug-likeness (QED) is 0.307. The van der Waals surface area contributed by atoms with Crippen molar-refractivity contribution in [2.24, 2.45) is 4.99 Å². The van der Waals surface area contributed by atoms with Crippen molar-refractivity contribution in [2.75, 3.05) is 38.6 Å². The lowest BCUT2D eigenvalue weighted by atomic mass is 10.1. The van der Waals surface area contributed by atoms with Gasteiger partial charge in [0.1, 0.15) is 0 Å². The van der Waals surface area contributed by atoms with Crippen LogP contribution in [0.5, 0.6) is 0 Å². The van der Waals surface area contributed by atoms with Gasteiger partial charge in [-0.25, -0.2) is 4.79 Å². The Morgan fingerprint density at radius 1 is 1.21 bits per heavy atom. The van der Waals surface area contributed by atoms with E-state index in [0.29, 0.717) is 19.7 Å².